The van der Waals surface area contributed by atoms with Gasteiger partial charge in [-0.05, 0) is 31.2 Å². The first-order chi connectivity index (χ1) is 14.7. The molecule has 2 heterocycles. The molecule has 1 aromatic heterocycles. The van der Waals surface area contributed by atoms with Crippen LogP contribution in [0.15, 0.2) is 54.9 Å². The van der Waals surface area contributed by atoms with Gasteiger partial charge < -0.3 is 25.6 Å². The van der Waals surface area contributed by atoms with Gasteiger partial charge in [-0.25, -0.2) is 14.4 Å². The Morgan fingerprint density at radius 3 is 2.47 bits per heavy atom. The number of benzene rings is 2. The van der Waals surface area contributed by atoms with E-state index in [1.807, 2.05) is 48.2 Å². The minimum absolute atomic E-state index is 0.202. The van der Waals surface area contributed by atoms with Crippen molar-refractivity contribution in [2.24, 2.45) is 0 Å². The summed E-state index contributed by atoms with van der Waals surface area (Å²) in [6, 6.07) is 14.5. The lowest BCUT2D eigenvalue weighted by Gasteiger charge is -2.37. The molecule has 0 bridgehead atoms. The van der Waals surface area contributed by atoms with Crippen LogP contribution in [-0.4, -0.2) is 42.8 Å². The summed E-state index contributed by atoms with van der Waals surface area (Å²) in [4.78, 5) is 12.9. The molecule has 0 radical (unpaired) electrons. The van der Waals surface area contributed by atoms with Crippen LogP contribution in [0.3, 0.4) is 0 Å². The van der Waals surface area contributed by atoms with Crippen molar-refractivity contribution in [3.05, 3.63) is 60.7 Å². The van der Waals surface area contributed by atoms with Crippen molar-refractivity contribution >= 4 is 28.7 Å². The maximum Gasteiger partial charge on any atom is 0.159 e. The molecule has 0 amide bonds. The van der Waals surface area contributed by atoms with Crippen molar-refractivity contribution in [2.45, 2.75) is 6.92 Å². The first-order valence-electron chi connectivity index (χ1n) is 10.0. The van der Waals surface area contributed by atoms with Crippen LogP contribution >= 0.6 is 0 Å². The van der Waals surface area contributed by atoms with Crippen LogP contribution in [0.2, 0.25) is 0 Å². The predicted molar refractivity (Wildman–Crippen MR) is 118 cm³/mol. The third kappa shape index (κ3) is 4.07. The number of aromatic nitrogens is 2. The molecule has 4 rings (SSSR count). The molecule has 0 saturated carbocycles. The number of nitrogens with one attached hydrogen (secondary N) is 1. The number of nitrogens with two attached hydrogens (primary N) is 1. The lowest BCUT2D eigenvalue weighted by atomic mass is 10.2. The predicted octanol–water partition coefficient (Wildman–Crippen LogP) is 3.67. The smallest absolute Gasteiger partial charge is 0.159 e. The normalized spacial score (nSPS) is 13.9. The molecule has 1 fully saturated rings. The van der Waals surface area contributed by atoms with E-state index in [9.17, 15) is 4.39 Å². The quantitative estimate of drug-likeness (QED) is 0.644. The molecule has 156 valence electrons. The summed E-state index contributed by atoms with van der Waals surface area (Å²) in [7, 11) is 0. The molecule has 1 aliphatic rings. The van der Waals surface area contributed by atoms with Gasteiger partial charge in [0.1, 0.15) is 23.6 Å². The van der Waals surface area contributed by atoms with E-state index in [0.29, 0.717) is 55.8 Å². The Morgan fingerprint density at radius 2 is 1.70 bits per heavy atom. The van der Waals surface area contributed by atoms with Gasteiger partial charge in [-0.15, -0.1) is 0 Å². The monoisotopic (exact) mass is 408 g/mol. The molecule has 1 aliphatic heterocycles. The Bertz CT molecular complexity index is 1010. The summed E-state index contributed by atoms with van der Waals surface area (Å²) in [5.74, 6) is 1.74. The lowest BCUT2D eigenvalue weighted by molar-refractivity contribution is 0.342. The largest absolute Gasteiger partial charge is 0.492 e. The minimum Gasteiger partial charge on any atom is -0.492 e. The number of nitrogen functional groups attached to an aromatic ring is 1. The third-order valence-corrected chi connectivity index (χ3v) is 5.08. The molecule has 0 aliphatic carbocycles. The number of halogens is 1. The highest BCUT2D eigenvalue weighted by Crippen LogP contribution is 2.33. The first-order valence-corrected chi connectivity index (χ1v) is 10.0. The molecule has 2 aromatic carbocycles. The fourth-order valence-electron chi connectivity index (χ4n) is 3.58. The maximum atomic E-state index is 14.1. The van der Waals surface area contributed by atoms with Crippen LogP contribution in [0, 0.1) is 5.82 Å². The summed E-state index contributed by atoms with van der Waals surface area (Å²) < 4.78 is 19.8. The van der Waals surface area contributed by atoms with Crippen molar-refractivity contribution in [2.75, 3.05) is 53.6 Å². The molecule has 3 N–H and O–H groups in total. The molecular formula is C22H25FN6O. The zero-order valence-electron chi connectivity index (χ0n) is 16.9. The number of para-hydroxylation sites is 3. The second-order valence-corrected chi connectivity index (χ2v) is 6.94. The second kappa shape index (κ2) is 8.86. The van der Waals surface area contributed by atoms with Gasteiger partial charge in [0.05, 0.1) is 18.0 Å². The van der Waals surface area contributed by atoms with Gasteiger partial charge in [0.2, 0.25) is 0 Å². The molecule has 1 saturated heterocycles. The Morgan fingerprint density at radius 1 is 1.00 bits per heavy atom. The third-order valence-electron chi connectivity index (χ3n) is 5.08. The van der Waals surface area contributed by atoms with Gasteiger partial charge in [-0.2, -0.15) is 0 Å². The molecule has 0 unspecified atom stereocenters. The van der Waals surface area contributed by atoms with Gasteiger partial charge >= 0.3 is 0 Å². The van der Waals surface area contributed by atoms with E-state index < -0.39 is 0 Å². The Kier molecular flexibility index (Phi) is 5.83. The van der Waals surface area contributed by atoms with Crippen LogP contribution in [0.5, 0.6) is 5.75 Å². The number of anilines is 5. The van der Waals surface area contributed by atoms with Crippen molar-refractivity contribution in [1.82, 2.24) is 9.97 Å². The number of hydrogen-bond acceptors (Lipinski definition) is 7. The van der Waals surface area contributed by atoms with E-state index in [-0.39, 0.29) is 5.82 Å². The molecule has 8 heteroatoms. The van der Waals surface area contributed by atoms with E-state index in [1.54, 1.807) is 6.07 Å². The average Bonchev–Trinajstić information content (AvgIpc) is 2.77. The highest BCUT2D eigenvalue weighted by Gasteiger charge is 2.23. The van der Waals surface area contributed by atoms with Gasteiger partial charge in [-0.1, -0.05) is 24.3 Å². The summed E-state index contributed by atoms with van der Waals surface area (Å²) >= 11 is 0. The highest BCUT2D eigenvalue weighted by molar-refractivity contribution is 5.79. The van der Waals surface area contributed by atoms with E-state index in [1.165, 1.54) is 12.4 Å². The number of rotatable bonds is 6. The SMILES string of the molecule is CCOc1ccccc1Nc1ncnc(N2CCN(c3ccccc3F)CC2)c1N. The van der Waals surface area contributed by atoms with Crippen molar-refractivity contribution in [1.29, 1.82) is 0 Å². The van der Waals surface area contributed by atoms with Crippen molar-refractivity contribution in [3.63, 3.8) is 0 Å². The minimum atomic E-state index is -0.202. The fraction of sp³-hybridized carbons (Fsp3) is 0.273. The van der Waals surface area contributed by atoms with E-state index in [4.69, 9.17) is 10.5 Å². The molecular weight excluding hydrogens is 383 g/mol. The highest BCUT2D eigenvalue weighted by atomic mass is 19.1. The van der Waals surface area contributed by atoms with Crippen LogP contribution in [-0.2, 0) is 0 Å². The van der Waals surface area contributed by atoms with Crippen LogP contribution in [0.4, 0.5) is 33.1 Å². The molecule has 30 heavy (non-hydrogen) atoms. The van der Waals surface area contributed by atoms with Gasteiger partial charge in [0.15, 0.2) is 11.6 Å². The summed E-state index contributed by atoms with van der Waals surface area (Å²) in [6.45, 7) is 5.24. The zero-order valence-corrected chi connectivity index (χ0v) is 16.9. The first kappa shape index (κ1) is 19.8. The van der Waals surface area contributed by atoms with Gasteiger partial charge in [0, 0.05) is 26.2 Å². The topological polar surface area (TPSA) is 79.5 Å². The number of hydrogen-bond donors (Lipinski definition) is 2. The van der Waals surface area contributed by atoms with Crippen LogP contribution in [0.1, 0.15) is 6.92 Å². The molecule has 0 atom stereocenters. The van der Waals surface area contributed by atoms with E-state index >= 15 is 0 Å². The van der Waals surface area contributed by atoms with Gasteiger partial charge in [-0.3, -0.25) is 0 Å². The van der Waals surface area contributed by atoms with E-state index in [0.717, 1.165) is 11.4 Å². The molecule has 7 nitrogen and oxygen atoms in total. The standard InChI is InChI=1S/C22H25FN6O/c1-2-30-19-10-6-4-8-17(19)27-21-20(24)22(26-15-25-21)29-13-11-28(12-14-29)18-9-5-3-7-16(18)23/h3-10,15H,2,11-14,24H2,1H3,(H,25,26,27). The Balaban J connectivity index is 1.50. The number of nitrogens with zero attached hydrogens (tertiary/aromatic N) is 4. The van der Waals surface area contributed by atoms with Crippen molar-refractivity contribution in [3.8, 4) is 5.75 Å². The van der Waals surface area contributed by atoms with E-state index in [2.05, 4.69) is 20.2 Å². The summed E-state index contributed by atoms with van der Waals surface area (Å²) in [5, 5.41) is 3.26. The molecule has 3 aromatic rings. The number of piperazine rings is 1. The zero-order chi connectivity index (χ0) is 20.9. The second-order valence-electron chi connectivity index (χ2n) is 6.94. The lowest BCUT2D eigenvalue weighted by Crippen LogP contribution is -2.47. The van der Waals surface area contributed by atoms with Crippen molar-refractivity contribution < 1.29 is 9.13 Å². The van der Waals surface area contributed by atoms with Crippen LogP contribution in [0.25, 0.3) is 0 Å². The maximum absolute atomic E-state index is 14.1. The Hall–Kier alpha value is -3.55. The summed E-state index contributed by atoms with van der Waals surface area (Å²) in [6.07, 6.45) is 1.50. The number of ether oxygens (including phenoxy) is 1. The fourth-order valence-corrected chi connectivity index (χ4v) is 3.58. The van der Waals surface area contributed by atoms with Crippen LogP contribution < -0.4 is 25.6 Å². The summed E-state index contributed by atoms with van der Waals surface area (Å²) in [5.41, 5.74) is 8.31. The Labute approximate surface area is 175 Å². The molecule has 0 spiro atoms. The average molecular weight is 408 g/mol. The van der Waals surface area contributed by atoms with Gasteiger partial charge in [0.25, 0.3) is 0 Å².